The van der Waals surface area contributed by atoms with Gasteiger partial charge >= 0.3 is 5.69 Å². The topological polar surface area (TPSA) is 84.7 Å². The molecular formula is C20H23N5O4. The second-order valence-corrected chi connectivity index (χ2v) is 6.90. The van der Waals surface area contributed by atoms with Crippen LogP contribution >= 0.6 is 0 Å². The van der Waals surface area contributed by atoms with Crippen LogP contribution in [0.15, 0.2) is 34.0 Å². The molecule has 29 heavy (non-hydrogen) atoms. The van der Waals surface area contributed by atoms with Crippen molar-refractivity contribution in [2.75, 3.05) is 14.2 Å². The largest absolute Gasteiger partial charge is 0.497 e. The van der Waals surface area contributed by atoms with Crippen molar-refractivity contribution in [1.29, 1.82) is 0 Å². The first kappa shape index (κ1) is 18.9. The van der Waals surface area contributed by atoms with Gasteiger partial charge in [0.05, 0.1) is 19.9 Å². The summed E-state index contributed by atoms with van der Waals surface area (Å²) in [6, 6.07) is 5.50. The third kappa shape index (κ3) is 2.65. The van der Waals surface area contributed by atoms with Crippen LogP contribution in [0.5, 0.6) is 11.5 Å². The first-order chi connectivity index (χ1) is 13.9. The molecule has 152 valence electrons. The van der Waals surface area contributed by atoms with Gasteiger partial charge in [0.1, 0.15) is 11.5 Å². The lowest BCUT2D eigenvalue weighted by Crippen LogP contribution is -2.39. The first-order valence-electron chi connectivity index (χ1n) is 9.35. The van der Waals surface area contributed by atoms with Gasteiger partial charge in [0.25, 0.3) is 5.56 Å². The number of benzene rings is 1. The van der Waals surface area contributed by atoms with Gasteiger partial charge in [-0.2, -0.15) is 4.98 Å². The average molecular weight is 397 g/mol. The number of rotatable bonds is 5. The van der Waals surface area contributed by atoms with Crippen LogP contribution in [-0.2, 0) is 13.6 Å². The minimum Gasteiger partial charge on any atom is -0.497 e. The van der Waals surface area contributed by atoms with E-state index >= 15 is 0 Å². The summed E-state index contributed by atoms with van der Waals surface area (Å²) in [7, 11) is 4.81. The number of aromatic nitrogens is 5. The van der Waals surface area contributed by atoms with Crippen LogP contribution in [0.25, 0.3) is 22.6 Å². The number of ether oxygens (including phenoxy) is 2. The highest BCUT2D eigenvalue weighted by Crippen LogP contribution is 2.31. The van der Waals surface area contributed by atoms with Crippen molar-refractivity contribution in [3.8, 4) is 17.2 Å². The zero-order valence-corrected chi connectivity index (χ0v) is 17.1. The van der Waals surface area contributed by atoms with Crippen LogP contribution in [-0.4, -0.2) is 37.3 Å². The lowest BCUT2D eigenvalue weighted by molar-refractivity contribution is 0.393. The van der Waals surface area contributed by atoms with Gasteiger partial charge in [-0.3, -0.25) is 22.9 Å². The highest BCUT2D eigenvalue weighted by Gasteiger charge is 2.21. The SMILES string of the molecule is CCCn1c(=O)c2c(nc3n(-c4ccc(OC)cc4OC)c(C)cn23)n(C)c1=O. The summed E-state index contributed by atoms with van der Waals surface area (Å²) >= 11 is 0. The molecule has 0 amide bonds. The Hall–Kier alpha value is -3.49. The normalized spacial score (nSPS) is 11.5. The molecule has 9 nitrogen and oxygen atoms in total. The Morgan fingerprint density at radius 3 is 2.55 bits per heavy atom. The van der Waals surface area contributed by atoms with Crippen molar-refractivity contribution in [3.05, 3.63) is 50.9 Å². The summed E-state index contributed by atoms with van der Waals surface area (Å²) in [4.78, 5) is 30.3. The van der Waals surface area contributed by atoms with E-state index in [2.05, 4.69) is 4.98 Å². The quantitative estimate of drug-likeness (QED) is 0.513. The van der Waals surface area contributed by atoms with Gasteiger partial charge in [-0.15, -0.1) is 0 Å². The molecule has 0 unspecified atom stereocenters. The number of imidazole rings is 2. The molecule has 0 atom stereocenters. The molecule has 0 saturated heterocycles. The zero-order chi connectivity index (χ0) is 20.9. The predicted molar refractivity (Wildman–Crippen MR) is 110 cm³/mol. The fraction of sp³-hybridized carbons (Fsp3) is 0.350. The van der Waals surface area contributed by atoms with Crippen LogP contribution < -0.4 is 20.7 Å². The Morgan fingerprint density at radius 1 is 1.14 bits per heavy atom. The second-order valence-electron chi connectivity index (χ2n) is 6.90. The van der Waals surface area contributed by atoms with Crippen LogP contribution in [0.2, 0.25) is 0 Å². The molecule has 0 aliphatic heterocycles. The van der Waals surface area contributed by atoms with E-state index in [1.54, 1.807) is 31.7 Å². The van der Waals surface area contributed by atoms with Gasteiger partial charge in [-0.25, -0.2) is 4.79 Å². The van der Waals surface area contributed by atoms with E-state index in [1.807, 2.05) is 36.7 Å². The molecule has 0 aliphatic carbocycles. The summed E-state index contributed by atoms with van der Waals surface area (Å²) in [6.07, 6.45) is 2.53. The van der Waals surface area contributed by atoms with Gasteiger partial charge in [0.15, 0.2) is 11.2 Å². The first-order valence-corrected chi connectivity index (χ1v) is 9.35. The number of hydrogen-bond donors (Lipinski definition) is 0. The molecule has 0 fully saturated rings. The summed E-state index contributed by atoms with van der Waals surface area (Å²) in [6.45, 7) is 4.22. The van der Waals surface area contributed by atoms with E-state index in [9.17, 15) is 9.59 Å². The van der Waals surface area contributed by atoms with Crippen molar-refractivity contribution in [2.24, 2.45) is 7.05 Å². The molecule has 9 heteroatoms. The van der Waals surface area contributed by atoms with E-state index in [-0.39, 0.29) is 11.2 Å². The van der Waals surface area contributed by atoms with Crippen molar-refractivity contribution in [1.82, 2.24) is 23.1 Å². The molecule has 1 aromatic carbocycles. The number of hydrogen-bond acceptors (Lipinski definition) is 5. The molecular weight excluding hydrogens is 374 g/mol. The van der Waals surface area contributed by atoms with E-state index in [0.717, 1.165) is 11.4 Å². The van der Waals surface area contributed by atoms with Crippen molar-refractivity contribution in [2.45, 2.75) is 26.8 Å². The summed E-state index contributed by atoms with van der Waals surface area (Å²) in [5.74, 6) is 1.81. The minimum absolute atomic E-state index is 0.337. The third-order valence-corrected chi connectivity index (χ3v) is 5.10. The highest BCUT2D eigenvalue weighted by molar-refractivity contribution is 5.77. The van der Waals surface area contributed by atoms with Crippen LogP contribution in [0, 0.1) is 6.92 Å². The molecule has 3 heterocycles. The Balaban J connectivity index is 2.10. The van der Waals surface area contributed by atoms with Crippen LogP contribution in [0.3, 0.4) is 0 Å². The number of methoxy groups -OCH3 is 2. The number of aryl methyl sites for hydroxylation is 2. The standard InChI is InChI=1S/C20H23N5O4/c1-6-9-23-18(26)16-17(22(3)20(23)27)21-19-24(16)11-12(2)25(19)14-8-7-13(28-4)10-15(14)29-5/h7-8,10-11H,6,9H2,1-5H3. The molecule has 0 radical (unpaired) electrons. The van der Waals surface area contributed by atoms with E-state index in [0.29, 0.717) is 41.4 Å². The fourth-order valence-corrected chi connectivity index (χ4v) is 3.70. The second kappa shape index (κ2) is 6.84. The molecule has 0 bridgehead atoms. The van der Waals surface area contributed by atoms with Gasteiger partial charge in [0, 0.05) is 31.5 Å². The van der Waals surface area contributed by atoms with E-state index < -0.39 is 0 Å². The summed E-state index contributed by atoms with van der Waals surface area (Å²) in [5.41, 5.74) is 1.66. The predicted octanol–water partition coefficient (Wildman–Crippen LogP) is 1.87. The Labute approximate surface area is 166 Å². The van der Waals surface area contributed by atoms with E-state index in [1.165, 1.54) is 9.13 Å². The fourth-order valence-electron chi connectivity index (χ4n) is 3.70. The number of nitrogens with zero attached hydrogens (tertiary/aromatic N) is 5. The minimum atomic E-state index is -0.365. The van der Waals surface area contributed by atoms with Crippen molar-refractivity contribution < 1.29 is 9.47 Å². The van der Waals surface area contributed by atoms with Gasteiger partial charge in [-0.1, -0.05) is 6.92 Å². The maximum absolute atomic E-state index is 13.1. The molecule has 0 spiro atoms. The molecule has 0 N–H and O–H groups in total. The van der Waals surface area contributed by atoms with Crippen LogP contribution in [0.1, 0.15) is 19.0 Å². The third-order valence-electron chi connectivity index (χ3n) is 5.10. The van der Waals surface area contributed by atoms with Crippen LogP contribution in [0.4, 0.5) is 0 Å². The maximum Gasteiger partial charge on any atom is 0.332 e. The summed E-state index contributed by atoms with van der Waals surface area (Å²) in [5, 5.41) is 0. The maximum atomic E-state index is 13.1. The van der Waals surface area contributed by atoms with Crippen molar-refractivity contribution in [3.63, 3.8) is 0 Å². The Kier molecular flexibility index (Phi) is 4.45. The molecule has 4 aromatic rings. The Bertz CT molecular complexity index is 1360. The monoisotopic (exact) mass is 397 g/mol. The average Bonchev–Trinajstić information content (AvgIpc) is 3.23. The Morgan fingerprint density at radius 2 is 1.90 bits per heavy atom. The van der Waals surface area contributed by atoms with Gasteiger partial charge < -0.3 is 9.47 Å². The number of fused-ring (bicyclic) bond motifs is 3. The smallest absolute Gasteiger partial charge is 0.332 e. The highest BCUT2D eigenvalue weighted by atomic mass is 16.5. The van der Waals surface area contributed by atoms with Crippen molar-refractivity contribution >= 4 is 16.9 Å². The molecule has 3 aromatic heterocycles. The van der Waals surface area contributed by atoms with Gasteiger partial charge in [-0.05, 0) is 25.5 Å². The van der Waals surface area contributed by atoms with Gasteiger partial charge in [0.2, 0.25) is 5.78 Å². The lowest BCUT2D eigenvalue weighted by atomic mass is 10.2. The molecule has 0 aliphatic rings. The van der Waals surface area contributed by atoms with E-state index in [4.69, 9.17) is 9.47 Å². The summed E-state index contributed by atoms with van der Waals surface area (Å²) < 4.78 is 17.1. The zero-order valence-electron chi connectivity index (χ0n) is 17.1. The molecule has 0 saturated carbocycles. The lowest BCUT2D eigenvalue weighted by Gasteiger charge is -2.12. The molecule has 4 rings (SSSR count).